The van der Waals surface area contributed by atoms with E-state index in [2.05, 4.69) is 4.98 Å². The van der Waals surface area contributed by atoms with Crippen molar-refractivity contribution in [2.75, 3.05) is 6.61 Å². The Kier molecular flexibility index (Phi) is 5.25. The lowest BCUT2D eigenvalue weighted by atomic mass is 10.0. The summed E-state index contributed by atoms with van der Waals surface area (Å²) < 4.78 is 53.4. The molecule has 28 heavy (non-hydrogen) atoms. The highest BCUT2D eigenvalue weighted by Gasteiger charge is 2.48. The normalized spacial score (nSPS) is 24.9. The summed E-state index contributed by atoms with van der Waals surface area (Å²) >= 11 is 0. The second-order valence-electron chi connectivity index (χ2n) is 7.15. The molecule has 0 N–H and O–H groups in total. The van der Waals surface area contributed by atoms with Gasteiger partial charge in [-0.25, -0.2) is 12.8 Å². The Morgan fingerprint density at radius 2 is 1.96 bits per heavy atom. The fourth-order valence-electron chi connectivity index (χ4n) is 4.22. The number of nitrogens with zero attached hydrogens (tertiary/aromatic N) is 2. The molecule has 3 heterocycles. The summed E-state index contributed by atoms with van der Waals surface area (Å²) in [6, 6.07) is 7.23. The molecule has 2 unspecified atom stereocenters. The number of sulfonamides is 1. The number of halogens is 1. The van der Waals surface area contributed by atoms with Crippen molar-refractivity contribution in [3.63, 3.8) is 0 Å². The van der Waals surface area contributed by atoms with Crippen molar-refractivity contribution in [2.24, 2.45) is 0 Å². The van der Waals surface area contributed by atoms with Crippen LogP contribution in [0.25, 0.3) is 0 Å². The van der Waals surface area contributed by atoms with Gasteiger partial charge in [-0.1, -0.05) is 0 Å². The summed E-state index contributed by atoms with van der Waals surface area (Å²) in [5.74, 6) is 0.0925. The molecule has 1 aromatic heterocycles. The van der Waals surface area contributed by atoms with Gasteiger partial charge in [-0.05, 0) is 50.1 Å². The third-order valence-corrected chi connectivity index (χ3v) is 7.34. The lowest BCUT2D eigenvalue weighted by Gasteiger charge is -2.37. The van der Waals surface area contributed by atoms with E-state index in [1.165, 1.54) is 12.1 Å². The van der Waals surface area contributed by atoms with E-state index in [1.54, 1.807) is 23.6 Å². The van der Waals surface area contributed by atoms with Crippen molar-refractivity contribution in [1.29, 1.82) is 0 Å². The summed E-state index contributed by atoms with van der Waals surface area (Å²) in [6.45, 7) is 2.07. The Morgan fingerprint density at radius 3 is 2.57 bits per heavy atom. The van der Waals surface area contributed by atoms with Crippen LogP contribution in [0.15, 0.2) is 47.6 Å². The second-order valence-corrected chi connectivity index (χ2v) is 8.99. The molecule has 8 heteroatoms. The highest BCUT2D eigenvalue weighted by atomic mass is 32.2. The predicted molar refractivity (Wildman–Crippen MR) is 101 cm³/mol. The predicted octanol–water partition coefficient (Wildman–Crippen LogP) is 3.38. The SMILES string of the molecule is CCOc1ccc(S(=O)(=O)N2C3CCC2CC(Oc2cccnc2)C3)cc1F. The molecule has 150 valence electrons. The number of hydrogen-bond acceptors (Lipinski definition) is 5. The molecule has 4 rings (SSSR count). The maximum atomic E-state index is 14.2. The summed E-state index contributed by atoms with van der Waals surface area (Å²) in [5, 5.41) is 0. The molecular formula is C20H23FN2O4S. The molecule has 1 aromatic carbocycles. The van der Waals surface area contributed by atoms with Gasteiger partial charge >= 0.3 is 0 Å². The van der Waals surface area contributed by atoms with Gasteiger partial charge in [0, 0.05) is 31.1 Å². The van der Waals surface area contributed by atoms with E-state index in [0.29, 0.717) is 25.2 Å². The van der Waals surface area contributed by atoms with Crippen LogP contribution in [0.4, 0.5) is 4.39 Å². The van der Waals surface area contributed by atoms with Crippen molar-refractivity contribution >= 4 is 10.0 Å². The second kappa shape index (κ2) is 7.67. The van der Waals surface area contributed by atoms with Crippen LogP contribution >= 0.6 is 0 Å². The monoisotopic (exact) mass is 406 g/mol. The molecule has 0 aliphatic carbocycles. The number of fused-ring (bicyclic) bond motifs is 2. The van der Waals surface area contributed by atoms with E-state index in [9.17, 15) is 12.8 Å². The van der Waals surface area contributed by atoms with Crippen LogP contribution in [0.5, 0.6) is 11.5 Å². The van der Waals surface area contributed by atoms with Crippen molar-refractivity contribution < 1.29 is 22.3 Å². The number of hydrogen-bond donors (Lipinski definition) is 0. The Bertz CT molecular complexity index is 924. The lowest BCUT2D eigenvalue weighted by Crippen LogP contribution is -2.49. The summed E-state index contributed by atoms with van der Waals surface area (Å²) in [6.07, 6.45) is 6.10. The Labute approximate surface area is 164 Å². The van der Waals surface area contributed by atoms with Crippen LogP contribution in [0.2, 0.25) is 0 Å². The van der Waals surface area contributed by atoms with Gasteiger partial charge in [0.25, 0.3) is 0 Å². The van der Waals surface area contributed by atoms with Gasteiger partial charge < -0.3 is 9.47 Å². The highest BCUT2D eigenvalue weighted by molar-refractivity contribution is 7.89. The third-order valence-electron chi connectivity index (χ3n) is 5.34. The van der Waals surface area contributed by atoms with Crippen molar-refractivity contribution in [1.82, 2.24) is 9.29 Å². The first-order valence-corrected chi connectivity index (χ1v) is 11.0. The van der Waals surface area contributed by atoms with Crippen LogP contribution < -0.4 is 9.47 Å². The molecule has 0 amide bonds. The molecule has 2 aliphatic heterocycles. The largest absolute Gasteiger partial charge is 0.491 e. The molecule has 6 nitrogen and oxygen atoms in total. The molecule has 2 bridgehead atoms. The van der Waals surface area contributed by atoms with Gasteiger partial charge in [-0.15, -0.1) is 0 Å². The zero-order valence-electron chi connectivity index (χ0n) is 15.6. The standard InChI is InChI=1S/C20H23FN2O4S/c1-2-26-20-8-7-18(12-19(20)21)28(24,25)23-14-5-6-15(23)11-17(10-14)27-16-4-3-9-22-13-16/h3-4,7-9,12-15,17H,2,5-6,10-11H2,1H3. The molecule has 0 radical (unpaired) electrons. The first-order chi connectivity index (χ1) is 13.5. The molecule has 2 atom stereocenters. The van der Waals surface area contributed by atoms with Gasteiger partial charge in [0.2, 0.25) is 10.0 Å². The average Bonchev–Trinajstić information content (AvgIpc) is 2.96. The van der Waals surface area contributed by atoms with Crippen LogP contribution in [-0.4, -0.2) is 42.5 Å². The van der Waals surface area contributed by atoms with Crippen LogP contribution in [0, 0.1) is 5.82 Å². The summed E-state index contributed by atoms with van der Waals surface area (Å²) in [7, 11) is -3.78. The maximum Gasteiger partial charge on any atom is 0.243 e. The Hall–Kier alpha value is -2.19. The molecular weight excluding hydrogens is 383 g/mol. The number of benzene rings is 1. The summed E-state index contributed by atoms with van der Waals surface area (Å²) in [4.78, 5) is 4.02. The summed E-state index contributed by atoms with van der Waals surface area (Å²) in [5.41, 5.74) is 0. The molecule has 2 saturated heterocycles. The minimum atomic E-state index is -3.78. The minimum Gasteiger partial charge on any atom is -0.491 e. The topological polar surface area (TPSA) is 68.7 Å². The quantitative estimate of drug-likeness (QED) is 0.736. The average molecular weight is 406 g/mol. The molecule has 0 saturated carbocycles. The van der Waals surface area contributed by atoms with Crippen molar-refractivity contribution in [3.8, 4) is 11.5 Å². The van der Waals surface area contributed by atoms with Crippen LogP contribution in [0.3, 0.4) is 0 Å². The lowest BCUT2D eigenvalue weighted by molar-refractivity contribution is 0.0953. The van der Waals surface area contributed by atoms with Gasteiger partial charge in [-0.3, -0.25) is 4.98 Å². The maximum absolute atomic E-state index is 14.2. The van der Waals surface area contributed by atoms with E-state index in [1.807, 2.05) is 12.1 Å². The Morgan fingerprint density at radius 1 is 1.21 bits per heavy atom. The van der Waals surface area contributed by atoms with Crippen LogP contribution in [-0.2, 0) is 10.0 Å². The van der Waals surface area contributed by atoms with Crippen LogP contribution in [0.1, 0.15) is 32.6 Å². The van der Waals surface area contributed by atoms with Crippen molar-refractivity contribution in [2.45, 2.75) is 55.7 Å². The van der Waals surface area contributed by atoms with Gasteiger partial charge in [-0.2, -0.15) is 4.31 Å². The van der Waals surface area contributed by atoms with E-state index in [4.69, 9.17) is 9.47 Å². The smallest absolute Gasteiger partial charge is 0.243 e. The zero-order valence-corrected chi connectivity index (χ0v) is 16.4. The molecule has 2 aromatic rings. The van der Waals surface area contributed by atoms with E-state index in [-0.39, 0.29) is 28.8 Å². The molecule has 0 spiro atoms. The number of piperidine rings is 1. The first-order valence-electron chi connectivity index (χ1n) is 9.51. The highest BCUT2D eigenvalue weighted by Crippen LogP contribution is 2.41. The minimum absolute atomic E-state index is 0.0306. The van der Waals surface area contributed by atoms with Gasteiger partial charge in [0.05, 0.1) is 17.7 Å². The first kappa shape index (κ1) is 19.1. The molecule has 2 aliphatic rings. The van der Waals surface area contributed by atoms with E-state index >= 15 is 0 Å². The molecule has 2 fully saturated rings. The fraction of sp³-hybridized carbons (Fsp3) is 0.450. The van der Waals surface area contributed by atoms with Crippen molar-refractivity contribution in [3.05, 3.63) is 48.5 Å². The van der Waals surface area contributed by atoms with Gasteiger partial charge in [0.1, 0.15) is 11.9 Å². The zero-order chi connectivity index (χ0) is 19.7. The number of rotatable bonds is 6. The van der Waals surface area contributed by atoms with E-state index < -0.39 is 15.8 Å². The van der Waals surface area contributed by atoms with Gasteiger partial charge in [0.15, 0.2) is 11.6 Å². The van der Waals surface area contributed by atoms with E-state index in [0.717, 1.165) is 18.9 Å². The Balaban J connectivity index is 1.53. The number of pyridine rings is 1. The fourth-order valence-corrected chi connectivity index (χ4v) is 6.12. The number of aromatic nitrogens is 1. The third kappa shape index (κ3) is 3.58. The number of ether oxygens (including phenoxy) is 2.